The molecule has 0 bridgehead atoms. The van der Waals surface area contributed by atoms with E-state index < -0.39 is 0 Å². The zero-order chi connectivity index (χ0) is 13.9. The molecule has 0 saturated heterocycles. The SMILES string of the molecule is CNC(c1ccc2c(c1)oc(=O)n2C)C1CC2CC2C1. The van der Waals surface area contributed by atoms with Gasteiger partial charge in [-0.2, -0.15) is 0 Å². The van der Waals surface area contributed by atoms with Crippen LogP contribution in [0.2, 0.25) is 0 Å². The van der Waals surface area contributed by atoms with E-state index in [1.54, 1.807) is 11.6 Å². The van der Waals surface area contributed by atoms with Crippen LogP contribution in [0, 0.1) is 17.8 Å². The van der Waals surface area contributed by atoms with E-state index >= 15 is 0 Å². The minimum absolute atomic E-state index is 0.291. The second-order valence-corrected chi connectivity index (χ2v) is 6.41. The molecule has 4 nitrogen and oxygen atoms in total. The maximum atomic E-state index is 11.6. The fraction of sp³-hybridized carbons (Fsp3) is 0.562. The number of nitrogens with one attached hydrogen (secondary N) is 1. The summed E-state index contributed by atoms with van der Waals surface area (Å²) < 4.78 is 6.86. The predicted molar refractivity (Wildman–Crippen MR) is 77.6 cm³/mol. The summed E-state index contributed by atoms with van der Waals surface area (Å²) in [5.74, 6) is 2.39. The van der Waals surface area contributed by atoms with Gasteiger partial charge in [-0.3, -0.25) is 4.57 Å². The van der Waals surface area contributed by atoms with E-state index in [4.69, 9.17) is 4.42 Å². The van der Waals surface area contributed by atoms with Gasteiger partial charge < -0.3 is 9.73 Å². The Labute approximate surface area is 117 Å². The molecule has 4 heteroatoms. The molecule has 106 valence electrons. The summed E-state index contributed by atoms with van der Waals surface area (Å²) >= 11 is 0. The first kappa shape index (κ1) is 12.2. The molecule has 4 rings (SSSR count). The van der Waals surface area contributed by atoms with Crippen molar-refractivity contribution in [2.75, 3.05) is 7.05 Å². The highest BCUT2D eigenvalue weighted by atomic mass is 16.4. The minimum atomic E-state index is -0.291. The molecule has 3 unspecified atom stereocenters. The molecular weight excluding hydrogens is 252 g/mol. The summed E-state index contributed by atoms with van der Waals surface area (Å²) in [4.78, 5) is 11.6. The largest absolute Gasteiger partial charge is 0.419 e. The molecule has 2 saturated carbocycles. The van der Waals surface area contributed by atoms with Gasteiger partial charge in [0.15, 0.2) is 5.58 Å². The average Bonchev–Trinajstić information content (AvgIpc) is 2.94. The molecule has 1 heterocycles. The topological polar surface area (TPSA) is 47.2 Å². The van der Waals surface area contributed by atoms with Crippen LogP contribution in [0.3, 0.4) is 0 Å². The van der Waals surface area contributed by atoms with E-state index in [1.807, 2.05) is 19.2 Å². The lowest BCUT2D eigenvalue weighted by Crippen LogP contribution is -2.24. The number of benzene rings is 1. The van der Waals surface area contributed by atoms with Gasteiger partial charge in [-0.05, 0) is 61.8 Å². The first-order valence-electron chi connectivity index (χ1n) is 7.44. The molecule has 1 aromatic carbocycles. The Balaban J connectivity index is 1.70. The third-order valence-corrected chi connectivity index (χ3v) is 5.24. The Morgan fingerprint density at radius 3 is 2.75 bits per heavy atom. The summed E-state index contributed by atoms with van der Waals surface area (Å²) in [6.45, 7) is 0. The molecule has 0 amide bonds. The van der Waals surface area contributed by atoms with Crippen LogP contribution in [0.5, 0.6) is 0 Å². The van der Waals surface area contributed by atoms with Crippen molar-refractivity contribution in [3.05, 3.63) is 34.3 Å². The lowest BCUT2D eigenvalue weighted by atomic mass is 9.89. The van der Waals surface area contributed by atoms with Crippen molar-refractivity contribution in [1.29, 1.82) is 0 Å². The zero-order valence-corrected chi connectivity index (χ0v) is 11.9. The van der Waals surface area contributed by atoms with E-state index in [9.17, 15) is 4.79 Å². The van der Waals surface area contributed by atoms with Crippen molar-refractivity contribution in [1.82, 2.24) is 9.88 Å². The van der Waals surface area contributed by atoms with Crippen molar-refractivity contribution in [3.63, 3.8) is 0 Å². The maximum absolute atomic E-state index is 11.6. The highest BCUT2D eigenvalue weighted by Gasteiger charge is 2.47. The normalized spacial score (nSPS) is 29.6. The lowest BCUT2D eigenvalue weighted by Gasteiger charge is -2.24. The highest BCUT2D eigenvalue weighted by Crippen LogP contribution is 2.57. The Bertz CT molecular complexity index is 705. The van der Waals surface area contributed by atoms with E-state index in [1.165, 1.54) is 24.8 Å². The van der Waals surface area contributed by atoms with Crippen LogP contribution >= 0.6 is 0 Å². The van der Waals surface area contributed by atoms with Gasteiger partial charge in [-0.25, -0.2) is 4.79 Å². The van der Waals surface area contributed by atoms with Crippen LogP contribution in [0.15, 0.2) is 27.4 Å². The second-order valence-electron chi connectivity index (χ2n) is 6.41. The van der Waals surface area contributed by atoms with E-state index in [-0.39, 0.29) is 5.76 Å². The number of hydrogen-bond donors (Lipinski definition) is 1. The van der Waals surface area contributed by atoms with Crippen LogP contribution in [-0.2, 0) is 7.05 Å². The zero-order valence-electron chi connectivity index (χ0n) is 11.9. The van der Waals surface area contributed by atoms with E-state index in [2.05, 4.69) is 11.4 Å². The smallest absolute Gasteiger partial charge is 0.408 e. The maximum Gasteiger partial charge on any atom is 0.419 e. The number of hydrogen-bond acceptors (Lipinski definition) is 3. The molecule has 0 spiro atoms. The highest BCUT2D eigenvalue weighted by molar-refractivity contribution is 5.73. The van der Waals surface area contributed by atoms with E-state index in [0.717, 1.165) is 23.3 Å². The van der Waals surface area contributed by atoms with Crippen molar-refractivity contribution in [2.45, 2.75) is 25.3 Å². The standard InChI is InChI=1S/C16H20N2O2/c1-17-15(12-6-10-5-11(10)7-12)9-3-4-13-14(8-9)20-16(19)18(13)2/h3-4,8,10-12,15,17H,5-7H2,1-2H3. The Kier molecular flexibility index (Phi) is 2.58. The lowest BCUT2D eigenvalue weighted by molar-refractivity contribution is 0.359. The Hall–Kier alpha value is -1.55. The molecule has 3 atom stereocenters. The summed E-state index contributed by atoms with van der Waals surface area (Å²) in [5, 5.41) is 3.46. The van der Waals surface area contributed by atoms with Gasteiger partial charge in [-0.15, -0.1) is 0 Å². The summed E-state index contributed by atoms with van der Waals surface area (Å²) in [6.07, 6.45) is 4.12. The second kappa shape index (κ2) is 4.22. The molecule has 1 N–H and O–H groups in total. The molecule has 2 aromatic rings. The number of fused-ring (bicyclic) bond motifs is 2. The molecule has 0 aliphatic heterocycles. The average molecular weight is 272 g/mol. The monoisotopic (exact) mass is 272 g/mol. The van der Waals surface area contributed by atoms with Crippen LogP contribution in [-0.4, -0.2) is 11.6 Å². The van der Waals surface area contributed by atoms with Crippen LogP contribution in [0.4, 0.5) is 0 Å². The first-order chi connectivity index (χ1) is 9.67. The van der Waals surface area contributed by atoms with Crippen LogP contribution in [0.25, 0.3) is 11.1 Å². The first-order valence-corrected chi connectivity index (χ1v) is 7.44. The van der Waals surface area contributed by atoms with Crippen molar-refractivity contribution >= 4 is 11.1 Å². The third-order valence-electron chi connectivity index (χ3n) is 5.24. The summed E-state index contributed by atoms with van der Waals surface area (Å²) in [5.41, 5.74) is 2.79. The van der Waals surface area contributed by atoms with Crippen LogP contribution < -0.4 is 11.1 Å². The number of aromatic nitrogens is 1. The van der Waals surface area contributed by atoms with Gasteiger partial charge in [0.1, 0.15) is 0 Å². The molecule has 0 radical (unpaired) electrons. The predicted octanol–water partition coefficient (Wildman–Crippen LogP) is 2.44. The van der Waals surface area contributed by atoms with E-state index in [0.29, 0.717) is 11.6 Å². The summed E-state index contributed by atoms with van der Waals surface area (Å²) in [7, 11) is 3.77. The molecule has 20 heavy (non-hydrogen) atoms. The van der Waals surface area contributed by atoms with Crippen molar-refractivity contribution in [3.8, 4) is 0 Å². The molecule has 2 aliphatic rings. The molecule has 1 aromatic heterocycles. The van der Waals surface area contributed by atoms with Crippen molar-refractivity contribution < 1.29 is 4.42 Å². The Morgan fingerprint density at radius 2 is 2.05 bits per heavy atom. The van der Waals surface area contributed by atoms with Crippen LogP contribution in [0.1, 0.15) is 30.9 Å². The Morgan fingerprint density at radius 1 is 1.30 bits per heavy atom. The third kappa shape index (κ3) is 1.74. The van der Waals surface area contributed by atoms with Gasteiger partial charge >= 0.3 is 5.76 Å². The van der Waals surface area contributed by atoms with Gasteiger partial charge in [0.2, 0.25) is 0 Å². The fourth-order valence-corrected chi connectivity index (χ4v) is 4.05. The fourth-order valence-electron chi connectivity index (χ4n) is 4.05. The quantitative estimate of drug-likeness (QED) is 0.933. The molecule has 2 fully saturated rings. The number of aryl methyl sites for hydroxylation is 1. The van der Waals surface area contributed by atoms with Gasteiger partial charge in [0, 0.05) is 13.1 Å². The summed E-state index contributed by atoms with van der Waals surface area (Å²) in [6, 6.07) is 6.53. The van der Waals surface area contributed by atoms with Gasteiger partial charge in [0.05, 0.1) is 5.52 Å². The minimum Gasteiger partial charge on any atom is -0.408 e. The molecule has 2 aliphatic carbocycles. The van der Waals surface area contributed by atoms with Gasteiger partial charge in [0.25, 0.3) is 0 Å². The van der Waals surface area contributed by atoms with Crippen molar-refractivity contribution in [2.24, 2.45) is 24.8 Å². The number of rotatable bonds is 3. The molecular formula is C16H20N2O2. The van der Waals surface area contributed by atoms with Gasteiger partial charge in [-0.1, -0.05) is 6.07 Å². The number of oxazole rings is 1. The number of nitrogens with zero attached hydrogens (tertiary/aromatic N) is 1.